The lowest BCUT2D eigenvalue weighted by atomic mass is 10.0. The number of fused-ring (bicyclic) bond motifs is 1. The zero-order chi connectivity index (χ0) is 24.3. The van der Waals surface area contributed by atoms with Gasteiger partial charge in [0.2, 0.25) is 0 Å². The molecule has 2 N–H and O–H groups in total. The van der Waals surface area contributed by atoms with Crippen molar-refractivity contribution in [2.24, 2.45) is 0 Å². The molecule has 1 aromatic heterocycles. The maximum absolute atomic E-state index is 11.3. The predicted octanol–water partition coefficient (Wildman–Crippen LogP) is 5.60. The van der Waals surface area contributed by atoms with Crippen LogP contribution in [-0.4, -0.2) is 40.1 Å². The van der Waals surface area contributed by atoms with Crippen molar-refractivity contribution in [3.8, 4) is 0 Å². The number of hydrogen-bond acceptors (Lipinski definition) is 4. The van der Waals surface area contributed by atoms with Crippen molar-refractivity contribution in [3.63, 3.8) is 0 Å². The number of methoxy groups -OCH3 is 1. The lowest BCUT2D eigenvalue weighted by molar-refractivity contribution is -0.143. The Morgan fingerprint density at radius 3 is 2.44 bits per heavy atom. The second kappa shape index (κ2) is 13.5. The number of hydrogen-bond donors (Lipinski definition) is 2. The van der Waals surface area contributed by atoms with Crippen molar-refractivity contribution in [3.05, 3.63) is 73.2 Å². The Bertz CT molecular complexity index is 968. The number of nitrogens with zero attached hydrogens (tertiary/aromatic N) is 1. The highest BCUT2D eigenvalue weighted by Gasteiger charge is 2.19. The highest BCUT2D eigenvalue weighted by atomic mass is 19.1. The van der Waals surface area contributed by atoms with E-state index >= 15 is 0 Å². The fraction of sp³-hybridized carbons (Fsp3) is 0.346. The van der Waals surface area contributed by atoms with E-state index in [4.69, 9.17) is 0 Å². The number of aliphatic hydroxyl groups is 2. The summed E-state index contributed by atoms with van der Waals surface area (Å²) in [5, 5.41) is 21.3. The van der Waals surface area contributed by atoms with E-state index in [0.29, 0.717) is 6.33 Å². The SMILES string of the molecule is C/C=C/F.C=CC(=C)c1c(/C=C/[C@@H](O)CC(O)CC(=O)OC)n(C(C)C)c2ccccc12. The molecule has 6 heteroatoms. The van der Waals surface area contributed by atoms with E-state index in [1.54, 1.807) is 19.1 Å². The fourth-order valence-electron chi connectivity index (χ4n) is 3.36. The molecule has 2 rings (SSSR count). The van der Waals surface area contributed by atoms with Crippen molar-refractivity contribution in [2.45, 2.75) is 51.9 Å². The van der Waals surface area contributed by atoms with Gasteiger partial charge in [0.15, 0.2) is 0 Å². The number of ether oxygens (including phenoxy) is 1. The summed E-state index contributed by atoms with van der Waals surface area (Å²) in [5.41, 5.74) is 3.77. The third-order valence-electron chi connectivity index (χ3n) is 4.78. The Morgan fingerprint density at radius 2 is 1.91 bits per heavy atom. The van der Waals surface area contributed by atoms with Crippen molar-refractivity contribution < 1.29 is 24.1 Å². The zero-order valence-corrected chi connectivity index (χ0v) is 19.3. The number of para-hydroxylation sites is 1. The molecular weight excluding hydrogens is 409 g/mol. The van der Waals surface area contributed by atoms with E-state index in [9.17, 15) is 19.4 Å². The van der Waals surface area contributed by atoms with Crippen LogP contribution in [0.5, 0.6) is 0 Å². The average molecular weight is 444 g/mol. The molecule has 32 heavy (non-hydrogen) atoms. The quantitative estimate of drug-likeness (QED) is 0.391. The number of halogens is 1. The molecule has 1 heterocycles. The van der Waals surface area contributed by atoms with Crippen LogP contribution in [0, 0.1) is 0 Å². The molecule has 0 aliphatic heterocycles. The van der Waals surface area contributed by atoms with Crippen LogP contribution < -0.4 is 0 Å². The Balaban J connectivity index is 0.00000118. The first-order valence-corrected chi connectivity index (χ1v) is 10.5. The van der Waals surface area contributed by atoms with Gasteiger partial charge in [-0.15, -0.1) is 0 Å². The summed E-state index contributed by atoms with van der Waals surface area (Å²) in [7, 11) is 1.27. The topological polar surface area (TPSA) is 71.7 Å². The summed E-state index contributed by atoms with van der Waals surface area (Å²) in [6.45, 7) is 13.8. The summed E-state index contributed by atoms with van der Waals surface area (Å²) >= 11 is 0. The van der Waals surface area contributed by atoms with Crippen molar-refractivity contribution >= 4 is 28.5 Å². The van der Waals surface area contributed by atoms with Gasteiger partial charge >= 0.3 is 5.97 Å². The van der Waals surface area contributed by atoms with E-state index in [2.05, 4.69) is 42.4 Å². The molecule has 0 saturated carbocycles. The number of benzene rings is 1. The molecule has 1 unspecified atom stereocenters. The van der Waals surface area contributed by atoms with Gasteiger partial charge in [0, 0.05) is 34.6 Å². The Kier molecular flexibility index (Phi) is 11.4. The van der Waals surface area contributed by atoms with Gasteiger partial charge in [0.25, 0.3) is 0 Å². The third-order valence-corrected chi connectivity index (χ3v) is 4.78. The number of carbonyl (C=O) groups excluding carboxylic acids is 1. The first-order chi connectivity index (χ1) is 15.2. The molecule has 1 aromatic carbocycles. The number of aliphatic hydroxyl groups excluding tert-OH is 2. The second-order valence-electron chi connectivity index (χ2n) is 7.53. The highest BCUT2D eigenvalue weighted by molar-refractivity contribution is 5.99. The van der Waals surface area contributed by atoms with E-state index in [0.717, 1.165) is 27.7 Å². The third kappa shape index (κ3) is 7.32. The number of rotatable bonds is 9. The molecular formula is C26H34FNO4. The molecule has 2 atom stereocenters. The first kappa shape index (κ1) is 27.1. The minimum Gasteiger partial charge on any atom is -0.469 e. The van der Waals surface area contributed by atoms with Crippen LogP contribution in [0.25, 0.3) is 22.6 Å². The zero-order valence-electron chi connectivity index (χ0n) is 19.3. The van der Waals surface area contributed by atoms with Gasteiger partial charge < -0.3 is 19.5 Å². The van der Waals surface area contributed by atoms with Crippen LogP contribution in [0.15, 0.2) is 62.0 Å². The molecule has 174 valence electrons. The van der Waals surface area contributed by atoms with Crippen LogP contribution in [-0.2, 0) is 9.53 Å². The molecule has 0 radical (unpaired) electrons. The average Bonchev–Trinajstić information content (AvgIpc) is 3.11. The summed E-state index contributed by atoms with van der Waals surface area (Å²) in [6, 6.07) is 8.28. The second-order valence-corrected chi connectivity index (χ2v) is 7.53. The minimum atomic E-state index is -0.967. The maximum atomic E-state index is 11.3. The molecule has 0 spiro atoms. The van der Waals surface area contributed by atoms with Gasteiger partial charge in [-0.2, -0.15) is 0 Å². The Labute approximate surface area is 189 Å². The lowest BCUT2D eigenvalue weighted by Gasteiger charge is -2.15. The number of allylic oxidation sites excluding steroid dienone is 3. The van der Waals surface area contributed by atoms with E-state index in [1.165, 1.54) is 13.2 Å². The standard InChI is InChI=1S/C23H29NO4.C3H5F/c1-6-16(4)23-19-9-7-8-10-20(19)24(15(2)3)21(23)12-11-17(25)13-18(26)14-22(27)28-5;1-2-3-4/h6-12,15,17-18,25-26H,1,4,13-14H2,2-3,5H3;2-3H,1H3/b12-11+;3-2+/t17-,18?;/m1./s1. The molecule has 2 aromatic rings. The van der Waals surface area contributed by atoms with Crippen molar-refractivity contribution in [1.82, 2.24) is 4.57 Å². The highest BCUT2D eigenvalue weighted by Crippen LogP contribution is 2.35. The molecule has 0 aliphatic carbocycles. The van der Waals surface area contributed by atoms with Crippen LogP contribution in [0.4, 0.5) is 4.39 Å². The maximum Gasteiger partial charge on any atom is 0.308 e. The fourth-order valence-corrected chi connectivity index (χ4v) is 3.36. The number of aromatic nitrogens is 1. The van der Waals surface area contributed by atoms with Crippen molar-refractivity contribution in [1.29, 1.82) is 0 Å². The van der Waals surface area contributed by atoms with Gasteiger partial charge in [-0.05, 0) is 38.5 Å². The molecule has 5 nitrogen and oxygen atoms in total. The summed E-state index contributed by atoms with van der Waals surface area (Å²) < 4.78 is 17.3. The summed E-state index contributed by atoms with van der Waals surface area (Å²) in [4.78, 5) is 11.3. The molecule has 0 saturated heterocycles. The van der Waals surface area contributed by atoms with Gasteiger partial charge in [-0.25, -0.2) is 4.39 Å². The monoisotopic (exact) mass is 443 g/mol. The van der Waals surface area contributed by atoms with Gasteiger partial charge in [0.05, 0.1) is 32.1 Å². The molecule has 0 aliphatic rings. The number of esters is 1. The largest absolute Gasteiger partial charge is 0.469 e. The first-order valence-electron chi connectivity index (χ1n) is 10.5. The number of carbonyl (C=O) groups is 1. The van der Waals surface area contributed by atoms with E-state index < -0.39 is 18.2 Å². The Hall–Kier alpha value is -2.96. The van der Waals surface area contributed by atoms with Gasteiger partial charge in [0.1, 0.15) is 0 Å². The summed E-state index contributed by atoms with van der Waals surface area (Å²) in [6.07, 6.45) is 5.07. The minimum absolute atomic E-state index is 0.0469. The molecule has 0 amide bonds. The smallest absolute Gasteiger partial charge is 0.308 e. The van der Waals surface area contributed by atoms with E-state index in [-0.39, 0.29) is 18.9 Å². The van der Waals surface area contributed by atoms with Crippen LogP contribution in [0.3, 0.4) is 0 Å². The van der Waals surface area contributed by atoms with Crippen LogP contribution in [0.2, 0.25) is 0 Å². The molecule has 0 fully saturated rings. The molecule has 0 bridgehead atoms. The predicted molar refractivity (Wildman–Crippen MR) is 130 cm³/mol. The normalized spacial score (nSPS) is 13.2. The van der Waals surface area contributed by atoms with E-state index in [1.807, 2.05) is 24.3 Å². The van der Waals surface area contributed by atoms with Crippen LogP contribution in [0.1, 0.15) is 50.9 Å². The lowest BCUT2D eigenvalue weighted by Crippen LogP contribution is -2.20. The van der Waals surface area contributed by atoms with Gasteiger partial charge in [-0.1, -0.05) is 49.6 Å². The summed E-state index contributed by atoms with van der Waals surface area (Å²) in [5.74, 6) is -0.506. The van der Waals surface area contributed by atoms with Gasteiger partial charge in [-0.3, -0.25) is 4.79 Å². The Morgan fingerprint density at radius 1 is 1.28 bits per heavy atom. The van der Waals surface area contributed by atoms with Crippen LogP contribution >= 0.6 is 0 Å². The van der Waals surface area contributed by atoms with Crippen molar-refractivity contribution in [2.75, 3.05) is 7.11 Å².